The summed E-state index contributed by atoms with van der Waals surface area (Å²) in [4.78, 5) is 7.09. The Morgan fingerprint density at radius 3 is 2.71 bits per heavy atom. The number of nitrogens with zero attached hydrogens (tertiary/aromatic N) is 2. The van der Waals surface area contributed by atoms with Gasteiger partial charge in [0.05, 0.1) is 0 Å². The summed E-state index contributed by atoms with van der Waals surface area (Å²) in [6, 6.07) is 11.2. The van der Waals surface area contributed by atoms with Crippen molar-refractivity contribution in [1.82, 2.24) is 10.3 Å². The van der Waals surface area contributed by atoms with Crippen LogP contribution in [0.4, 0.5) is 5.82 Å². The smallest absolute Gasteiger partial charge is 0.136 e. The highest BCUT2D eigenvalue weighted by atomic mass is 15.2. The van der Waals surface area contributed by atoms with Crippen LogP contribution < -0.4 is 10.2 Å². The lowest BCUT2D eigenvalue weighted by Gasteiger charge is -2.33. The third kappa shape index (κ3) is 3.35. The molecule has 3 heteroatoms. The number of nitrogens with one attached hydrogen (secondary N) is 1. The first kappa shape index (κ1) is 14.3. The standard InChI is InChI=1S/C18H25N3/c1-14(2)20-13-15-8-11-21(12-9-15)18-17-6-4-3-5-16(17)7-10-19-18/h3-7,10,14-15,20H,8-9,11-13H2,1-2H3. The molecular formula is C18H25N3. The maximum Gasteiger partial charge on any atom is 0.136 e. The molecule has 1 aliphatic rings. The second-order valence-corrected chi connectivity index (χ2v) is 6.35. The highest BCUT2D eigenvalue weighted by Gasteiger charge is 2.21. The van der Waals surface area contributed by atoms with E-state index in [1.807, 2.05) is 6.20 Å². The number of rotatable bonds is 4. The van der Waals surface area contributed by atoms with Crippen LogP contribution in [-0.2, 0) is 0 Å². The normalized spacial score (nSPS) is 16.8. The minimum atomic E-state index is 0.586. The van der Waals surface area contributed by atoms with Crippen molar-refractivity contribution in [3.05, 3.63) is 36.5 Å². The zero-order valence-electron chi connectivity index (χ0n) is 13.0. The van der Waals surface area contributed by atoms with Crippen LogP contribution in [0.5, 0.6) is 0 Å². The van der Waals surface area contributed by atoms with E-state index in [1.165, 1.54) is 23.6 Å². The van der Waals surface area contributed by atoms with Gasteiger partial charge in [0.15, 0.2) is 0 Å². The molecule has 1 aromatic heterocycles. The molecule has 1 N–H and O–H groups in total. The van der Waals surface area contributed by atoms with Crippen LogP contribution >= 0.6 is 0 Å². The van der Waals surface area contributed by atoms with Gasteiger partial charge in [0.2, 0.25) is 0 Å². The van der Waals surface area contributed by atoms with E-state index in [4.69, 9.17) is 0 Å². The fourth-order valence-electron chi connectivity index (χ4n) is 3.11. The van der Waals surface area contributed by atoms with E-state index in [1.54, 1.807) is 0 Å². The average Bonchev–Trinajstić information content (AvgIpc) is 2.53. The predicted octanol–water partition coefficient (Wildman–Crippen LogP) is 3.45. The minimum absolute atomic E-state index is 0.586. The number of hydrogen-bond donors (Lipinski definition) is 1. The monoisotopic (exact) mass is 283 g/mol. The molecule has 0 saturated carbocycles. The zero-order chi connectivity index (χ0) is 14.7. The van der Waals surface area contributed by atoms with Crippen molar-refractivity contribution in [1.29, 1.82) is 0 Å². The molecule has 0 aliphatic carbocycles. The molecule has 0 bridgehead atoms. The second-order valence-electron chi connectivity index (χ2n) is 6.35. The number of benzene rings is 1. The molecule has 1 fully saturated rings. The molecular weight excluding hydrogens is 258 g/mol. The molecule has 0 unspecified atom stereocenters. The highest BCUT2D eigenvalue weighted by molar-refractivity contribution is 5.92. The first-order valence-electron chi connectivity index (χ1n) is 8.06. The topological polar surface area (TPSA) is 28.2 Å². The number of piperidine rings is 1. The zero-order valence-corrected chi connectivity index (χ0v) is 13.0. The van der Waals surface area contributed by atoms with Gasteiger partial charge in [-0.1, -0.05) is 38.1 Å². The largest absolute Gasteiger partial charge is 0.356 e. The molecule has 2 aromatic rings. The van der Waals surface area contributed by atoms with Gasteiger partial charge in [0.25, 0.3) is 0 Å². The second kappa shape index (κ2) is 6.44. The van der Waals surface area contributed by atoms with Gasteiger partial charge in [-0.15, -0.1) is 0 Å². The number of anilines is 1. The van der Waals surface area contributed by atoms with Crippen LogP contribution in [0.25, 0.3) is 10.8 Å². The lowest BCUT2D eigenvalue weighted by molar-refractivity contribution is 0.370. The van der Waals surface area contributed by atoms with Crippen molar-refractivity contribution in [3.63, 3.8) is 0 Å². The Hall–Kier alpha value is -1.61. The minimum Gasteiger partial charge on any atom is -0.356 e. The van der Waals surface area contributed by atoms with Crippen LogP contribution in [0.1, 0.15) is 26.7 Å². The molecule has 1 aliphatic heterocycles. The summed E-state index contributed by atoms with van der Waals surface area (Å²) in [6.07, 6.45) is 4.44. The van der Waals surface area contributed by atoms with Crippen molar-refractivity contribution in [2.45, 2.75) is 32.7 Å². The summed E-state index contributed by atoms with van der Waals surface area (Å²) in [7, 11) is 0. The first-order chi connectivity index (χ1) is 10.2. The van der Waals surface area contributed by atoms with Crippen molar-refractivity contribution >= 4 is 16.6 Å². The molecule has 112 valence electrons. The van der Waals surface area contributed by atoms with E-state index >= 15 is 0 Å². The summed E-state index contributed by atoms with van der Waals surface area (Å²) in [5, 5.41) is 6.13. The van der Waals surface area contributed by atoms with Gasteiger partial charge in [-0.25, -0.2) is 4.98 Å². The lowest BCUT2D eigenvalue weighted by Crippen LogP contribution is -2.39. The van der Waals surface area contributed by atoms with Gasteiger partial charge in [0, 0.05) is 30.7 Å². The Morgan fingerprint density at radius 2 is 1.95 bits per heavy atom. The molecule has 1 saturated heterocycles. The number of hydrogen-bond acceptors (Lipinski definition) is 3. The summed E-state index contributed by atoms with van der Waals surface area (Å²) >= 11 is 0. The molecule has 0 atom stereocenters. The Morgan fingerprint density at radius 1 is 1.19 bits per heavy atom. The average molecular weight is 283 g/mol. The van der Waals surface area contributed by atoms with Gasteiger partial charge in [-0.2, -0.15) is 0 Å². The molecule has 3 rings (SSSR count). The van der Waals surface area contributed by atoms with E-state index in [0.717, 1.165) is 31.4 Å². The van der Waals surface area contributed by atoms with Gasteiger partial charge in [0.1, 0.15) is 5.82 Å². The lowest BCUT2D eigenvalue weighted by atomic mass is 9.96. The van der Waals surface area contributed by atoms with Gasteiger partial charge in [-0.05, 0) is 36.8 Å². The fourth-order valence-corrected chi connectivity index (χ4v) is 3.11. The van der Waals surface area contributed by atoms with Gasteiger partial charge < -0.3 is 10.2 Å². The van der Waals surface area contributed by atoms with Crippen LogP contribution in [0.15, 0.2) is 36.5 Å². The molecule has 0 spiro atoms. The van der Waals surface area contributed by atoms with Crippen molar-refractivity contribution in [3.8, 4) is 0 Å². The van der Waals surface area contributed by atoms with Gasteiger partial charge >= 0.3 is 0 Å². The Labute approximate surface area is 127 Å². The van der Waals surface area contributed by atoms with E-state index in [2.05, 4.69) is 59.4 Å². The van der Waals surface area contributed by atoms with Crippen molar-refractivity contribution in [2.75, 3.05) is 24.5 Å². The van der Waals surface area contributed by atoms with Crippen LogP contribution in [-0.4, -0.2) is 30.7 Å². The van der Waals surface area contributed by atoms with E-state index in [9.17, 15) is 0 Å². The SMILES string of the molecule is CC(C)NCC1CCN(c2nccc3ccccc23)CC1. The Kier molecular flexibility index (Phi) is 4.39. The third-order valence-electron chi connectivity index (χ3n) is 4.38. The molecule has 1 aromatic carbocycles. The van der Waals surface area contributed by atoms with Crippen LogP contribution in [0.3, 0.4) is 0 Å². The van der Waals surface area contributed by atoms with E-state index < -0.39 is 0 Å². The number of aromatic nitrogens is 1. The highest BCUT2D eigenvalue weighted by Crippen LogP contribution is 2.27. The quantitative estimate of drug-likeness (QED) is 0.931. The maximum atomic E-state index is 4.64. The summed E-state index contributed by atoms with van der Waals surface area (Å²) in [5.74, 6) is 1.96. The summed E-state index contributed by atoms with van der Waals surface area (Å²) in [6.45, 7) is 7.82. The molecule has 3 nitrogen and oxygen atoms in total. The van der Waals surface area contributed by atoms with Crippen LogP contribution in [0, 0.1) is 5.92 Å². The third-order valence-corrected chi connectivity index (χ3v) is 4.38. The van der Waals surface area contributed by atoms with Crippen LogP contribution in [0.2, 0.25) is 0 Å². The first-order valence-corrected chi connectivity index (χ1v) is 8.06. The Bertz CT molecular complexity index is 581. The number of fused-ring (bicyclic) bond motifs is 1. The fraction of sp³-hybridized carbons (Fsp3) is 0.500. The molecule has 0 amide bonds. The maximum absolute atomic E-state index is 4.64. The van der Waals surface area contributed by atoms with Crippen molar-refractivity contribution < 1.29 is 0 Å². The van der Waals surface area contributed by atoms with E-state index in [-0.39, 0.29) is 0 Å². The molecule has 0 radical (unpaired) electrons. The molecule has 2 heterocycles. The van der Waals surface area contributed by atoms with E-state index in [0.29, 0.717) is 6.04 Å². The number of pyridine rings is 1. The molecule has 21 heavy (non-hydrogen) atoms. The van der Waals surface area contributed by atoms with Crippen molar-refractivity contribution in [2.24, 2.45) is 5.92 Å². The van der Waals surface area contributed by atoms with Gasteiger partial charge in [-0.3, -0.25) is 0 Å². The Balaban J connectivity index is 1.68. The summed E-state index contributed by atoms with van der Waals surface area (Å²) < 4.78 is 0. The predicted molar refractivity (Wildman–Crippen MR) is 89.8 cm³/mol. The summed E-state index contributed by atoms with van der Waals surface area (Å²) in [5.41, 5.74) is 0.